The molecule has 1 aliphatic heterocycles. The van der Waals surface area contributed by atoms with Gasteiger partial charge in [-0.1, -0.05) is 100 Å². The number of para-hydroxylation sites is 1. The van der Waals surface area contributed by atoms with E-state index in [1.165, 1.54) is 13.8 Å². The number of hydrogen-bond acceptors (Lipinski definition) is 16. The summed E-state index contributed by atoms with van der Waals surface area (Å²) in [4.78, 5) is 121. The normalized spacial score (nSPS) is 21.2. The number of aliphatic carboxylic acids is 2. The van der Waals surface area contributed by atoms with Gasteiger partial charge in [0.15, 0.2) is 0 Å². The van der Waals surface area contributed by atoms with E-state index in [-0.39, 0.29) is 43.7 Å². The van der Waals surface area contributed by atoms with Crippen molar-refractivity contribution >= 4 is 85.8 Å². The second kappa shape index (κ2) is 34.7. The zero-order chi connectivity index (χ0) is 58.6. The number of nitrogens with two attached hydrogens (primary N) is 2. The Morgan fingerprint density at radius 2 is 1.22 bits per heavy atom. The molecule has 1 fully saturated rings. The van der Waals surface area contributed by atoms with Crippen LogP contribution < -0.4 is 48.7 Å². The number of unbranched alkanes of at least 4 members (excludes halogenated alkanes) is 1. The summed E-state index contributed by atoms with van der Waals surface area (Å²) in [5.41, 5.74) is 15.0. The van der Waals surface area contributed by atoms with Crippen molar-refractivity contribution in [3.8, 4) is 0 Å². The maximum absolute atomic E-state index is 14.7. The number of aromatic amines is 1. The standard InChI is InChI=1S/C49H66N10O10S2.2C2H4O2/c1-28(61)39(25-60)56-48(68)41-27-71-70-26-40(57-43(63)34(51)21-30-13-5-3-6-14-30)47(67)54-37(22-31-15-7-4-8-16-31)45(65)55-38(23-32-24-52-35-18-10-9-17-33(32)35)46(66)53-36(19-11-12-20-50)44(64)59-42(29(2)62)49(69)58-41;2*1-2(3)4/h3-10,13-18,24,28-29,34,36-42,52,60-62H,11-12,19-23,25-27,50-51H2,1-2H3,(H,53,66)(H,54,67)(H,55,65)(H,56,68)(H,57,63)(H,58,69)(H,59,64);2*1H3,(H,3,4). The van der Waals surface area contributed by atoms with Crippen LogP contribution in [0.3, 0.4) is 0 Å². The molecule has 7 amide bonds. The van der Waals surface area contributed by atoms with Gasteiger partial charge in [-0.05, 0) is 68.8 Å². The Morgan fingerprint density at radius 1 is 0.684 bits per heavy atom. The lowest BCUT2D eigenvalue weighted by atomic mass is 10.0. The van der Waals surface area contributed by atoms with Crippen molar-refractivity contribution in [1.82, 2.24) is 42.2 Å². The van der Waals surface area contributed by atoms with E-state index in [9.17, 15) is 48.9 Å². The van der Waals surface area contributed by atoms with Crippen LogP contribution in [0.15, 0.2) is 91.1 Å². The Balaban J connectivity index is 0.00000191. The van der Waals surface area contributed by atoms with Gasteiger partial charge < -0.3 is 79.2 Å². The molecule has 3 aromatic carbocycles. The highest BCUT2D eigenvalue weighted by Crippen LogP contribution is 2.24. The molecule has 17 N–H and O–H groups in total. The van der Waals surface area contributed by atoms with Gasteiger partial charge in [-0.2, -0.15) is 0 Å². The molecule has 1 saturated heterocycles. The fourth-order valence-electron chi connectivity index (χ4n) is 7.73. The molecule has 79 heavy (non-hydrogen) atoms. The molecule has 0 bridgehead atoms. The van der Waals surface area contributed by atoms with Crippen LogP contribution in [-0.4, -0.2) is 169 Å². The average Bonchev–Trinajstić information content (AvgIpc) is 3.82. The summed E-state index contributed by atoms with van der Waals surface area (Å²) in [5, 5.41) is 65.3. The van der Waals surface area contributed by atoms with Gasteiger partial charge in [0.05, 0.1) is 30.9 Å². The number of hydrogen-bond donors (Lipinski definition) is 15. The predicted octanol–water partition coefficient (Wildman–Crippen LogP) is -0.624. The maximum atomic E-state index is 14.7. The summed E-state index contributed by atoms with van der Waals surface area (Å²) in [6.45, 7) is 4.39. The number of carboxylic acids is 2. The first-order chi connectivity index (χ1) is 37.5. The van der Waals surface area contributed by atoms with Gasteiger partial charge in [-0.3, -0.25) is 43.2 Å². The number of carbonyl (C=O) groups is 9. The van der Waals surface area contributed by atoms with Crippen molar-refractivity contribution in [2.75, 3.05) is 24.7 Å². The van der Waals surface area contributed by atoms with E-state index in [4.69, 9.17) is 31.3 Å². The molecule has 1 aliphatic rings. The number of aromatic nitrogens is 1. The average molecular weight is 1140 g/mol. The van der Waals surface area contributed by atoms with Crippen molar-refractivity contribution in [3.63, 3.8) is 0 Å². The van der Waals surface area contributed by atoms with Crippen LogP contribution in [0, 0.1) is 0 Å². The van der Waals surface area contributed by atoms with E-state index in [0.717, 1.165) is 51.9 Å². The van der Waals surface area contributed by atoms with Gasteiger partial charge in [-0.15, -0.1) is 0 Å². The van der Waals surface area contributed by atoms with Crippen LogP contribution in [0.2, 0.25) is 0 Å². The van der Waals surface area contributed by atoms with Crippen LogP contribution in [0.4, 0.5) is 0 Å². The fourth-order valence-corrected chi connectivity index (χ4v) is 10.1. The van der Waals surface area contributed by atoms with Crippen LogP contribution in [-0.2, 0) is 62.4 Å². The monoisotopic (exact) mass is 1140 g/mol. The van der Waals surface area contributed by atoms with E-state index in [0.29, 0.717) is 24.0 Å². The number of H-pyrrole nitrogens is 1. The Morgan fingerprint density at radius 3 is 1.80 bits per heavy atom. The summed E-state index contributed by atoms with van der Waals surface area (Å²) >= 11 is 0. The quantitative estimate of drug-likeness (QED) is 0.0463. The molecule has 10 atom stereocenters. The van der Waals surface area contributed by atoms with Gasteiger partial charge in [0.1, 0.15) is 36.3 Å². The maximum Gasteiger partial charge on any atom is 0.300 e. The SMILES string of the molecule is CC(=O)O.CC(=O)O.CC(O)C(CO)NC(=O)C1CSSCC(NC(=O)C(N)Cc2ccccc2)C(=O)NC(Cc2ccccc2)C(=O)NC(Cc2c[nH]c3ccccc23)C(=O)NC(CCCCN)C(=O)NC(C(C)O)C(=O)N1. The summed E-state index contributed by atoms with van der Waals surface area (Å²) in [7, 11) is 2.06. The number of aliphatic hydroxyl groups is 3. The number of aliphatic hydroxyl groups excluding tert-OH is 3. The highest BCUT2D eigenvalue weighted by molar-refractivity contribution is 8.76. The molecule has 0 radical (unpaired) electrons. The first-order valence-electron chi connectivity index (χ1n) is 25.4. The number of fused-ring (bicyclic) bond motifs is 1. The van der Waals surface area contributed by atoms with Crippen molar-refractivity contribution in [2.24, 2.45) is 11.5 Å². The third-order valence-electron chi connectivity index (χ3n) is 11.9. The van der Waals surface area contributed by atoms with Gasteiger partial charge >= 0.3 is 0 Å². The largest absolute Gasteiger partial charge is 0.481 e. The number of nitrogens with one attached hydrogen (secondary N) is 8. The lowest BCUT2D eigenvalue weighted by Gasteiger charge is -2.29. The van der Waals surface area contributed by atoms with Gasteiger partial charge in [0, 0.05) is 55.3 Å². The number of carbonyl (C=O) groups excluding carboxylic acids is 7. The number of carboxylic acid groups (broad SMARTS) is 2. The van der Waals surface area contributed by atoms with Gasteiger partial charge in [0.25, 0.3) is 11.9 Å². The van der Waals surface area contributed by atoms with Crippen LogP contribution in [0.1, 0.15) is 63.6 Å². The highest BCUT2D eigenvalue weighted by Gasteiger charge is 2.36. The second-order valence-corrected chi connectivity index (χ2v) is 21.1. The topological polar surface area (TPSA) is 407 Å². The molecule has 4 aromatic rings. The van der Waals surface area contributed by atoms with Crippen molar-refractivity contribution in [2.45, 2.75) is 127 Å². The minimum atomic E-state index is -1.66. The van der Waals surface area contributed by atoms with E-state index in [1.807, 2.05) is 30.3 Å². The van der Waals surface area contributed by atoms with E-state index in [2.05, 4.69) is 42.2 Å². The summed E-state index contributed by atoms with van der Waals surface area (Å²) in [6.07, 6.45) is -0.156. The Labute approximate surface area is 465 Å². The third kappa shape index (κ3) is 23.8. The zero-order valence-electron chi connectivity index (χ0n) is 44.4. The molecule has 0 aliphatic carbocycles. The summed E-state index contributed by atoms with van der Waals surface area (Å²) in [6, 6.07) is 14.6. The number of rotatable bonds is 17. The van der Waals surface area contributed by atoms with E-state index < -0.39 is 120 Å². The first-order valence-corrected chi connectivity index (χ1v) is 27.8. The lowest BCUT2D eigenvalue weighted by molar-refractivity contribution is -0.136. The smallest absolute Gasteiger partial charge is 0.300 e. The molecular weight excluding hydrogens is 1060 g/mol. The van der Waals surface area contributed by atoms with E-state index >= 15 is 0 Å². The molecule has 5 rings (SSSR count). The summed E-state index contributed by atoms with van der Waals surface area (Å²) < 4.78 is 0. The molecule has 24 nitrogen and oxygen atoms in total. The van der Waals surface area contributed by atoms with E-state index in [1.54, 1.807) is 60.8 Å². The molecule has 26 heteroatoms. The Bertz CT molecular complexity index is 2590. The zero-order valence-corrected chi connectivity index (χ0v) is 46.0. The van der Waals surface area contributed by atoms with Crippen molar-refractivity contribution in [3.05, 3.63) is 108 Å². The third-order valence-corrected chi connectivity index (χ3v) is 14.3. The van der Waals surface area contributed by atoms with Crippen LogP contribution >= 0.6 is 21.6 Å². The Hall–Kier alpha value is -7.07. The van der Waals surface area contributed by atoms with Crippen LogP contribution in [0.25, 0.3) is 10.9 Å². The molecule has 432 valence electrons. The highest BCUT2D eigenvalue weighted by atomic mass is 33.1. The molecule has 0 saturated carbocycles. The molecule has 10 unspecified atom stereocenters. The van der Waals surface area contributed by atoms with Crippen molar-refractivity contribution in [1.29, 1.82) is 0 Å². The lowest BCUT2D eigenvalue weighted by Crippen LogP contribution is -2.62. The number of amides is 7. The fraction of sp³-hybridized carbons (Fsp3) is 0.453. The van der Waals surface area contributed by atoms with Gasteiger partial charge in [-0.25, -0.2) is 0 Å². The molecular formula is C53H74N10O14S2. The molecule has 1 aromatic heterocycles. The first kappa shape index (κ1) is 66.2. The second-order valence-electron chi connectivity index (χ2n) is 18.5. The minimum absolute atomic E-state index is 0.0340. The minimum Gasteiger partial charge on any atom is -0.481 e. The number of benzene rings is 3. The van der Waals surface area contributed by atoms with Crippen molar-refractivity contribution < 1.29 is 68.7 Å². The van der Waals surface area contributed by atoms with Crippen LogP contribution in [0.5, 0.6) is 0 Å². The van der Waals surface area contributed by atoms with Gasteiger partial charge in [0.2, 0.25) is 41.4 Å². The Kier molecular flexibility index (Phi) is 29.1. The molecule has 0 spiro atoms. The summed E-state index contributed by atoms with van der Waals surface area (Å²) in [5.74, 6) is -7.68. The molecule has 2 heterocycles. The predicted molar refractivity (Wildman–Crippen MR) is 299 cm³/mol.